The maximum absolute atomic E-state index is 11.2. The summed E-state index contributed by atoms with van der Waals surface area (Å²) in [6, 6.07) is 0. The topological polar surface area (TPSA) is 20.2 Å². The standard InChI is InChI=1S/C27H46O/c1-18(2)9-8-10-19(3)25-24(28)17-23-21-13-12-20-11-6-7-15-26(20,4)22(21)14-16-27(23,25)5/h8,10,18-25,28H,6-7,9,11-17H2,1-5H3/b10-8-/t19-,20?,21-,22+,23+,24?,25+,26+,27+/m1/s1. The van der Waals surface area contributed by atoms with Crippen LogP contribution in [0.5, 0.6) is 0 Å². The van der Waals surface area contributed by atoms with Crippen molar-refractivity contribution in [3.05, 3.63) is 12.2 Å². The van der Waals surface area contributed by atoms with Crippen molar-refractivity contribution in [2.45, 2.75) is 105 Å². The smallest absolute Gasteiger partial charge is 0.0582 e. The van der Waals surface area contributed by atoms with Crippen molar-refractivity contribution in [1.82, 2.24) is 0 Å². The van der Waals surface area contributed by atoms with E-state index in [0.29, 0.717) is 22.7 Å². The number of allylic oxidation sites excluding steroid dienone is 2. The van der Waals surface area contributed by atoms with Crippen molar-refractivity contribution in [2.24, 2.45) is 52.3 Å². The van der Waals surface area contributed by atoms with E-state index in [2.05, 4.69) is 46.8 Å². The van der Waals surface area contributed by atoms with Gasteiger partial charge >= 0.3 is 0 Å². The number of hydrogen-bond acceptors (Lipinski definition) is 1. The molecule has 0 heterocycles. The van der Waals surface area contributed by atoms with Gasteiger partial charge in [0.05, 0.1) is 6.10 Å². The van der Waals surface area contributed by atoms with E-state index in [4.69, 9.17) is 0 Å². The van der Waals surface area contributed by atoms with E-state index in [1.165, 1.54) is 51.4 Å². The maximum atomic E-state index is 11.2. The quantitative estimate of drug-likeness (QED) is 0.505. The molecule has 0 aromatic rings. The number of rotatable bonds is 4. The van der Waals surface area contributed by atoms with Crippen LogP contribution in [0, 0.1) is 52.3 Å². The molecule has 0 radical (unpaired) electrons. The molecule has 0 bridgehead atoms. The molecule has 0 spiro atoms. The Bertz CT molecular complexity index is 579. The summed E-state index contributed by atoms with van der Waals surface area (Å²) in [4.78, 5) is 0. The lowest BCUT2D eigenvalue weighted by Gasteiger charge is -2.60. The Labute approximate surface area is 174 Å². The fourth-order valence-electron chi connectivity index (χ4n) is 8.98. The lowest BCUT2D eigenvalue weighted by Crippen LogP contribution is -2.53. The molecule has 0 aliphatic heterocycles. The molecule has 160 valence electrons. The summed E-state index contributed by atoms with van der Waals surface area (Å²) >= 11 is 0. The summed E-state index contributed by atoms with van der Waals surface area (Å²) < 4.78 is 0. The van der Waals surface area contributed by atoms with Gasteiger partial charge in [0.2, 0.25) is 0 Å². The first-order valence-corrected chi connectivity index (χ1v) is 12.6. The molecule has 4 aliphatic rings. The van der Waals surface area contributed by atoms with Crippen LogP contribution in [0.25, 0.3) is 0 Å². The molecule has 4 aliphatic carbocycles. The first-order chi connectivity index (χ1) is 13.3. The van der Waals surface area contributed by atoms with Gasteiger partial charge in [-0.05, 0) is 104 Å². The Morgan fingerprint density at radius 3 is 2.46 bits per heavy atom. The number of aliphatic hydroxyl groups is 1. The van der Waals surface area contributed by atoms with E-state index in [9.17, 15) is 5.11 Å². The van der Waals surface area contributed by atoms with Crippen LogP contribution >= 0.6 is 0 Å². The predicted molar refractivity (Wildman–Crippen MR) is 119 cm³/mol. The molecule has 2 unspecified atom stereocenters. The monoisotopic (exact) mass is 386 g/mol. The van der Waals surface area contributed by atoms with Crippen LogP contribution in [-0.4, -0.2) is 11.2 Å². The Morgan fingerprint density at radius 1 is 0.929 bits per heavy atom. The fraction of sp³-hybridized carbons (Fsp3) is 0.926. The summed E-state index contributed by atoms with van der Waals surface area (Å²) in [5, 5.41) is 11.2. The third-order valence-electron chi connectivity index (χ3n) is 10.3. The zero-order valence-electron chi connectivity index (χ0n) is 19.3. The molecule has 9 atom stereocenters. The van der Waals surface area contributed by atoms with Crippen LogP contribution in [0.4, 0.5) is 0 Å². The second-order valence-electron chi connectivity index (χ2n) is 12.2. The highest BCUT2D eigenvalue weighted by Gasteiger charge is 2.62. The largest absolute Gasteiger partial charge is 0.393 e. The van der Waals surface area contributed by atoms with Gasteiger partial charge in [0.1, 0.15) is 0 Å². The van der Waals surface area contributed by atoms with Crippen molar-refractivity contribution in [2.75, 3.05) is 0 Å². The molecule has 4 rings (SSSR count). The van der Waals surface area contributed by atoms with Crippen LogP contribution < -0.4 is 0 Å². The Balaban J connectivity index is 1.55. The highest BCUT2D eigenvalue weighted by atomic mass is 16.3. The normalized spacial score (nSPS) is 49.7. The highest BCUT2D eigenvalue weighted by Crippen LogP contribution is 2.68. The number of fused-ring (bicyclic) bond motifs is 5. The molecule has 28 heavy (non-hydrogen) atoms. The molecule has 0 aromatic heterocycles. The zero-order chi connectivity index (χ0) is 20.1. The highest BCUT2D eigenvalue weighted by molar-refractivity contribution is 5.13. The fourth-order valence-corrected chi connectivity index (χ4v) is 8.98. The van der Waals surface area contributed by atoms with Gasteiger partial charge in [0.15, 0.2) is 0 Å². The number of aliphatic hydroxyl groups excluding tert-OH is 1. The average molecular weight is 387 g/mol. The van der Waals surface area contributed by atoms with Gasteiger partial charge in [-0.2, -0.15) is 0 Å². The summed E-state index contributed by atoms with van der Waals surface area (Å²) in [5.41, 5.74) is 0.953. The van der Waals surface area contributed by atoms with Crippen molar-refractivity contribution in [3.63, 3.8) is 0 Å². The van der Waals surface area contributed by atoms with Crippen LogP contribution in [0.3, 0.4) is 0 Å². The van der Waals surface area contributed by atoms with Gasteiger partial charge in [-0.15, -0.1) is 0 Å². The lowest BCUT2D eigenvalue weighted by atomic mass is 9.44. The minimum Gasteiger partial charge on any atom is -0.393 e. The van der Waals surface area contributed by atoms with Gasteiger partial charge in [0.25, 0.3) is 0 Å². The SMILES string of the molecule is CC(C)C/C=C\[C@@H](C)[C@H]1C(O)C[C@H]2[C@@H]3CCC4CCCC[C@]4(C)[C@H]3CC[C@]12C. The maximum Gasteiger partial charge on any atom is 0.0582 e. The van der Waals surface area contributed by atoms with Gasteiger partial charge in [-0.25, -0.2) is 0 Å². The first-order valence-electron chi connectivity index (χ1n) is 12.6. The van der Waals surface area contributed by atoms with Crippen molar-refractivity contribution in [3.8, 4) is 0 Å². The van der Waals surface area contributed by atoms with Crippen molar-refractivity contribution < 1.29 is 5.11 Å². The van der Waals surface area contributed by atoms with Gasteiger partial charge in [-0.3, -0.25) is 0 Å². The minimum atomic E-state index is -0.0932. The molecule has 1 heteroatoms. The average Bonchev–Trinajstić information content (AvgIpc) is 2.91. The predicted octanol–water partition coefficient (Wildman–Crippen LogP) is 7.24. The van der Waals surface area contributed by atoms with Crippen LogP contribution in [0.1, 0.15) is 98.8 Å². The molecule has 4 saturated carbocycles. The molecule has 0 amide bonds. The molecular formula is C27H46O. The zero-order valence-corrected chi connectivity index (χ0v) is 19.3. The van der Waals surface area contributed by atoms with Crippen LogP contribution in [-0.2, 0) is 0 Å². The van der Waals surface area contributed by atoms with E-state index in [1.54, 1.807) is 0 Å². The van der Waals surface area contributed by atoms with Crippen molar-refractivity contribution in [1.29, 1.82) is 0 Å². The summed E-state index contributed by atoms with van der Waals surface area (Å²) in [6.45, 7) is 12.2. The molecule has 1 N–H and O–H groups in total. The van der Waals surface area contributed by atoms with Crippen molar-refractivity contribution >= 4 is 0 Å². The molecule has 0 saturated heterocycles. The van der Waals surface area contributed by atoms with E-state index >= 15 is 0 Å². The molecule has 1 nitrogen and oxygen atoms in total. The second-order valence-corrected chi connectivity index (χ2v) is 12.2. The van der Waals surface area contributed by atoms with Gasteiger partial charge in [0, 0.05) is 0 Å². The number of hydrogen-bond donors (Lipinski definition) is 1. The van der Waals surface area contributed by atoms with Gasteiger partial charge in [-0.1, -0.05) is 59.6 Å². The second kappa shape index (κ2) is 7.75. The summed E-state index contributed by atoms with van der Waals surface area (Å²) in [6.07, 6.45) is 18.6. The summed E-state index contributed by atoms with van der Waals surface area (Å²) in [5.74, 6) is 5.24. The Hall–Kier alpha value is -0.300. The van der Waals surface area contributed by atoms with E-state index < -0.39 is 0 Å². The van der Waals surface area contributed by atoms with E-state index in [1.807, 2.05) is 0 Å². The third-order valence-corrected chi connectivity index (χ3v) is 10.3. The van der Waals surface area contributed by atoms with Crippen LogP contribution in [0.15, 0.2) is 12.2 Å². The third kappa shape index (κ3) is 3.32. The minimum absolute atomic E-state index is 0.0932. The summed E-state index contributed by atoms with van der Waals surface area (Å²) in [7, 11) is 0. The van der Waals surface area contributed by atoms with E-state index in [-0.39, 0.29) is 6.10 Å². The Morgan fingerprint density at radius 2 is 1.71 bits per heavy atom. The first kappa shape index (κ1) is 21.0. The Kier molecular flexibility index (Phi) is 5.80. The van der Waals surface area contributed by atoms with E-state index in [0.717, 1.165) is 42.4 Å². The van der Waals surface area contributed by atoms with Crippen LogP contribution in [0.2, 0.25) is 0 Å². The lowest BCUT2D eigenvalue weighted by molar-refractivity contribution is -0.113. The van der Waals surface area contributed by atoms with Gasteiger partial charge < -0.3 is 5.11 Å². The molecular weight excluding hydrogens is 340 g/mol. The molecule has 0 aromatic carbocycles. The molecule has 4 fully saturated rings.